The van der Waals surface area contributed by atoms with Crippen molar-refractivity contribution in [1.82, 2.24) is 10.2 Å². The number of nitrogens with two attached hydrogens (primary N) is 1. The highest BCUT2D eigenvalue weighted by Crippen LogP contribution is 2.05. The average Bonchev–Trinajstić information content (AvgIpc) is 2.06. The number of amides is 2. The minimum absolute atomic E-state index is 0.0300. The van der Waals surface area contributed by atoms with Crippen molar-refractivity contribution in [1.29, 1.82) is 0 Å². The Morgan fingerprint density at radius 2 is 2.38 bits per heavy atom. The fourth-order valence-corrected chi connectivity index (χ4v) is 1.37. The number of carbonyl (C=O) groups is 1. The Morgan fingerprint density at radius 3 is 3.00 bits per heavy atom. The van der Waals surface area contributed by atoms with Gasteiger partial charge in [-0.2, -0.15) is 0 Å². The standard InChI is InChI=1S/C9H19N3O/c1-7(2)3-4-12-6-8(10)5-11-9(12)13/h7-8H,3-6,10H2,1-2H3,(H,11,13). The molecule has 0 aliphatic carbocycles. The molecular formula is C9H19N3O. The van der Waals surface area contributed by atoms with Crippen LogP contribution >= 0.6 is 0 Å². The minimum Gasteiger partial charge on any atom is -0.336 e. The monoisotopic (exact) mass is 185 g/mol. The molecule has 1 aliphatic heterocycles. The van der Waals surface area contributed by atoms with E-state index < -0.39 is 0 Å². The summed E-state index contributed by atoms with van der Waals surface area (Å²) in [5.41, 5.74) is 5.74. The van der Waals surface area contributed by atoms with Gasteiger partial charge in [0.25, 0.3) is 0 Å². The summed E-state index contributed by atoms with van der Waals surface area (Å²) in [5.74, 6) is 0.631. The number of hydrogen-bond acceptors (Lipinski definition) is 2. The van der Waals surface area contributed by atoms with Gasteiger partial charge < -0.3 is 16.0 Å². The molecule has 1 atom stereocenters. The SMILES string of the molecule is CC(C)CCN1CC(N)CNC1=O. The van der Waals surface area contributed by atoms with E-state index in [-0.39, 0.29) is 12.1 Å². The van der Waals surface area contributed by atoms with Crippen LogP contribution in [0, 0.1) is 5.92 Å². The fourth-order valence-electron chi connectivity index (χ4n) is 1.37. The quantitative estimate of drug-likeness (QED) is 0.668. The molecular weight excluding hydrogens is 166 g/mol. The third kappa shape index (κ3) is 3.22. The number of carbonyl (C=O) groups excluding carboxylic acids is 1. The van der Waals surface area contributed by atoms with E-state index in [9.17, 15) is 4.79 Å². The van der Waals surface area contributed by atoms with E-state index >= 15 is 0 Å². The molecule has 0 aromatic rings. The van der Waals surface area contributed by atoms with Crippen molar-refractivity contribution in [2.24, 2.45) is 11.7 Å². The molecule has 2 amide bonds. The number of nitrogens with zero attached hydrogens (tertiary/aromatic N) is 1. The van der Waals surface area contributed by atoms with Crippen molar-refractivity contribution in [2.45, 2.75) is 26.3 Å². The largest absolute Gasteiger partial charge is 0.336 e. The number of hydrogen-bond donors (Lipinski definition) is 2. The van der Waals surface area contributed by atoms with Gasteiger partial charge in [-0.1, -0.05) is 13.8 Å². The molecule has 0 aromatic heterocycles. The topological polar surface area (TPSA) is 58.4 Å². The molecule has 0 radical (unpaired) electrons. The predicted octanol–water partition coefficient (Wildman–Crippen LogP) is 0.385. The first-order valence-corrected chi connectivity index (χ1v) is 4.88. The maximum Gasteiger partial charge on any atom is 0.317 e. The van der Waals surface area contributed by atoms with E-state index in [0.29, 0.717) is 19.0 Å². The molecule has 76 valence electrons. The van der Waals surface area contributed by atoms with Crippen LogP contribution in [0.5, 0.6) is 0 Å². The van der Waals surface area contributed by atoms with E-state index in [2.05, 4.69) is 19.2 Å². The molecule has 1 rings (SSSR count). The highest BCUT2D eigenvalue weighted by Gasteiger charge is 2.21. The highest BCUT2D eigenvalue weighted by molar-refractivity contribution is 5.75. The zero-order chi connectivity index (χ0) is 9.84. The van der Waals surface area contributed by atoms with Crippen LogP contribution in [-0.4, -0.2) is 36.6 Å². The van der Waals surface area contributed by atoms with Crippen molar-refractivity contribution in [3.8, 4) is 0 Å². The van der Waals surface area contributed by atoms with Crippen molar-refractivity contribution in [3.05, 3.63) is 0 Å². The average molecular weight is 185 g/mol. The molecule has 1 aliphatic rings. The summed E-state index contributed by atoms with van der Waals surface area (Å²) in [5, 5.41) is 2.77. The smallest absolute Gasteiger partial charge is 0.317 e. The van der Waals surface area contributed by atoms with Crippen LogP contribution in [0.15, 0.2) is 0 Å². The molecule has 1 saturated heterocycles. The molecule has 0 aromatic carbocycles. The number of urea groups is 1. The molecule has 0 spiro atoms. The summed E-state index contributed by atoms with van der Waals surface area (Å²) in [6.07, 6.45) is 1.04. The minimum atomic E-state index is 0.0300. The Morgan fingerprint density at radius 1 is 1.69 bits per heavy atom. The molecule has 4 heteroatoms. The maximum absolute atomic E-state index is 11.3. The summed E-state index contributed by atoms with van der Waals surface area (Å²) >= 11 is 0. The van der Waals surface area contributed by atoms with Crippen molar-refractivity contribution >= 4 is 6.03 Å². The van der Waals surface area contributed by atoms with Crippen LogP contribution in [0.4, 0.5) is 4.79 Å². The zero-order valence-electron chi connectivity index (χ0n) is 8.42. The van der Waals surface area contributed by atoms with Gasteiger partial charge in [0.2, 0.25) is 0 Å². The van der Waals surface area contributed by atoms with Crippen molar-refractivity contribution in [3.63, 3.8) is 0 Å². The second-order valence-electron chi connectivity index (χ2n) is 4.07. The van der Waals surface area contributed by atoms with Gasteiger partial charge >= 0.3 is 6.03 Å². The molecule has 13 heavy (non-hydrogen) atoms. The zero-order valence-corrected chi connectivity index (χ0v) is 8.42. The second-order valence-corrected chi connectivity index (χ2v) is 4.07. The highest BCUT2D eigenvalue weighted by atomic mass is 16.2. The van der Waals surface area contributed by atoms with Gasteiger partial charge in [-0.15, -0.1) is 0 Å². The summed E-state index contributed by atoms with van der Waals surface area (Å²) < 4.78 is 0. The first-order chi connectivity index (χ1) is 6.09. The molecule has 1 fully saturated rings. The summed E-state index contributed by atoms with van der Waals surface area (Å²) in [6.45, 7) is 6.43. The maximum atomic E-state index is 11.3. The first-order valence-electron chi connectivity index (χ1n) is 4.88. The Labute approximate surface area is 79.5 Å². The summed E-state index contributed by atoms with van der Waals surface area (Å²) in [6, 6.07) is 0.118. The number of nitrogens with one attached hydrogen (secondary N) is 1. The van der Waals surface area contributed by atoms with Gasteiger partial charge in [0.15, 0.2) is 0 Å². The van der Waals surface area contributed by atoms with E-state index in [1.54, 1.807) is 4.90 Å². The Hall–Kier alpha value is -0.770. The van der Waals surface area contributed by atoms with Crippen LogP contribution in [0.25, 0.3) is 0 Å². The lowest BCUT2D eigenvalue weighted by molar-refractivity contribution is 0.177. The molecule has 1 heterocycles. The van der Waals surface area contributed by atoms with Gasteiger partial charge in [0, 0.05) is 25.7 Å². The molecule has 1 unspecified atom stereocenters. The predicted molar refractivity (Wildman–Crippen MR) is 52.4 cm³/mol. The van der Waals surface area contributed by atoms with E-state index in [4.69, 9.17) is 5.73 Å². The Bertz CT molecular complexity index is 182. The van der Waals surface area contributed by atoms with Gasteiger partial charge in [-0.3, -0.25) is 0 Å². The second kappa shape index (κ2) is 4.46. The Balaban J connectivity index is 2.33. The van der Waals surface area contributed by atoms with Gasteiger partial charge in [-0.25, -0.2) is 4.79 Å². The van der Waals surface area contributed by atoms with Crippen LogP contribution < -0.4 is 11.1 Å². The van der Waals surface area contributed by atoms with Crippen LogP contribution in [-0.2, 0) is 0 Å². The lowest BCUT2D eigenvalue weighted by atomic mass is 10.1. The van der Waals surface area contributed by atoms with Crippen LogP contribution in [0.3, 0.4) is 0 Å². The van der Waals surface area contributed by atoms with Crippen LogP contribution in [0.2, 0.25) is 0 Å². The molecule has 3 N–H and O–H groups in total. The summed E-state index contributed by atoms with van der Waals surface area (Å²) in [7, 11) is 0. The molecule has 4 nitrogen and oxygen atoms in total. The van der Waals surface area contributed by atoms with E-state index in [0.717, 1.165) is 13.0 Å². The van der Waals surface area contributed by atoms with Crippen molar-refractivity contribution in [2.75, 3.05) is 19.6 Å². The van der Waals surface area contributed by atoms with Gasteiger partial charge in [0.1, 0.15) is 0 Å². The lowest BCUT2D eigenvalue weighted by Gasteiger charge is -2.31. The van der Waals surface area contributed by atoms with Gasteiger partial charge in [0.05, 0.1) is 0 Å². The molecule has 0 saturated carbocycles. The normalized spacial score (nSPS) is 23.5. The third-order valence-corrected chi connectivity index (χ3v) is 2.23. The Kier molecular flexibility index (Phi) is 3.54. The lowest BCUT2D eigenvalue weighted by Crippen LogP contribution is -2.56. The number of rotatable bonds is 3. The summed E-state index contributed by atoms with van der Waals surface area (Å²) in [4.78, 5) is 13.1. The first kappa shape index (κ1) is 10.3. The van der Waals surface area contributed by atoms with Crippen LogP contribution in [0.1, 0.15) is 20.3 Å². The van der Waals surface area contributed by atoms with Crippen molar-refractivity contribution < 1.29 is 4.79 Å². The third-order valence-electron chi connectivity index (χ3n) is 2.23. The molecule has 0 bridgehead atoms. The fraction of sp³-hybridized carbons (Fsp3) is 0.889. The van der Waals surface area contributed by atoms with E-state index in [1.807, 2.05) is 0 Å². The van der Waals surface area contributed by atoms with E-state index in [1.165, 1.54) is 0 Å². The van der Waals surface area contributed by atoms with Gasteiger partial charge in [-0.05, 0) is 12.3 Å².